The zero-order valence-corrected chi connectivity index (χ0v) is 14.1. The molecule has 0 aliphatic carbocycles. The van der Waals surface area contributed by atoms with Crippen molar-refractivity contribution < 1.29 is 18.7 Å². The van der Waals surface area contributed by atoms with Crippen LogP contribution in [0.5, 0.6) is 5.75 Å². The summed E-state index contributed by atoms with van der Waals surface area (Å²) in [4.78, 5) is 28.7. The highest BCUT2D eigenvalue weighted by Crippen LogP contribution is 2.33. The van der Waals surface area contributed by atoms with E-state index in [1.165, 1.54) is 0 Å². The van der Waals surface area contributed by atoms with Gasteiger partial charge in [-0.25, -0.2) is 0 Å². The molecule has 2 aliphatic rings. The lowest BCUT2D eigenvalue weighted by atomic mass is 10.1. The second-order valence-corrected chi connectivity index (χ2v) is 6.55. The molecule has 2 aromatic rings. The Kier molecular flexibility index (Phi) is 3.95. The largest absolute Gasteiger partial charge is 0.496 e. The Hall–Kier alpha value is -2.76. The summed E-state index contributed by atoms with van der Waals surface area (Å²) in [5.74, 6) is 1.30. The summed E-state index contributed by atoms with van der Waals surface area (Å²) in [5, 5.41) is 0. The first-order chi connectivity index (χ1) is 12.2. The molecular formula is C19H20N2O4. The van der Waals surface area contributed by atoms with E-state index in [4.69, 9.17) is 9.15 Å². The van der Waals surface area contributed by atoms with Crippen LogP contribution in [-0.4, -0.2) is 35.3 Å². The molecule has 1 aromatic heterocycles. The van der Waals surface area contributed by atoms with Crippen molar-refractivity contribution in [3.05, 3.63) is 53.5 Å². The van der Waals surface area contributed by atoms with Gasteiger partial charge in [0.05, 0.1) is 25.8 Å². The van der Waals surface area contributed by atoms with Crippen LogP contribution < -0.4 is 4.74 Å². The maximum absolute atomic E-state index is 12.9. The highest BCUT2D eigenvalue weighted by Gasteiger charge is 2.38. The van der Waals surface area contributed by atoms with E-state index in [-0.39, 0.29) is 24.2 Å². The van der Waals surface area contributed by atoms with Crippen LogP contribution in [0.3, 0.4) is 0 Å². The number of methoxy groups -OCH3 is 1. The smallest absolute Gasteiger partial charge is 0.228 e. The monoisotopic (exact) mass is 340 g/mol. The third-order valence-corrected chi connectivity index (χ3v) is 4.96. The highest BCUT2D eigenvalue weighted by atomic mass is 16.5. The molecule has 1 saturated heterocycles. The number of carbonyl (C=O) groups excluding carboxylic acids is 2. The molecule has 2 aliphatic heterocycles. The van der Waals surface area contributed by atoms with E-state index in [1.807, 2.05) is 29.2 Å². The van der Waals surface area contributed by atoms with Crippen molar-refractivity contribution in [2.75, 3.05) is 13.7 Å². The Bertz CT molecular complexity index is 800. The van der Waals surface area contributed by atoms with Crippen LogP contribution in [0.2, 0.25) is 0 Å². The summed E-state index contributed by atoms with van der Waals surface area (Å²) in [6.45, 7) is 1.99. The molecule has 6 heteroatoms. The second kappa shape index (κ2) is 6.27. The number of nitrogens with zero attached hydrogens (tertiary/aromatic N) is 2. The molecule has 0 radical (unpaired) electrons. The number of amides is 2. The van der Waals surface area contributed by atoms with Gasteiger partial charge in [-0.05, 0) is 23.8 Å². The van der Waals surface area contributed by atoms with Crippen LogP contribution in [0, 0.1) is 5.92 Å². The Balaban J connectivity index is 1.43. The summed E-state index contributed by atoms with van der Waals surface area (Å²) in [6.07, 6.45) is 1.86. The molecular weight excluding hydrogens is 320 g/mol. The third-order valence-electron chi connectivity index (χ3n) is 4.96. The average Bonchev–Trinajstić information content (AvgIpc) is 3.34. The van der Waals surface area contributed by atoms with Gasteiger partial charge in [0, 0.05) is 31.6 Å². The summed E-state index contributed by atoms with van der Waals surface area (Å²) >= 11 is 0. The minimum Gasteiger partial charge on any atom is -0.496 e. The van der Waals surface area contributed by atoms with Gasteiger partial charge in [-0.2, -0.15) is 0 Å². The first-order valence-corrected chi connectivity index (χ1v) is 8.39. The molecule has 0 N–H and O–H groups in total. The topological polar surface area (TPSA) is 63.0 Å². The molecule has 3 heterocycles. The predicted octanol–water partition coefficient (Wildman–Crippen LogP) is 2.18. The Morgan fingerprint density at radius 2 is 2.16 bits per heavy atom. The SMILES string of the molecule is COc1cccc2c1CN(C(=O)C1CC(=O)N(Cc3ccco3)C1)C2. The molecule has 0 saturated carbocycles. The molecule has 1 aromatic carbocycles. The number of benzene rings is 1. The summed E-state index contributed by atoms with van der Waals surface area (Å²) in [5.41, 5.74) is 2.18. The van der Waals surface area contributed by atoms with Gasteiger partial charge in [0.2, 0.25) is 11.8 Å². The summed E-state index contributed by atoms with van der Waals surface area (Å²) in [7, 11) is 1.64. The number of rotatable bonds is 4. The number of ether oxygens (including phenoxy) is 1. The Morgan fingerprint density at radius 3 is 2.92 bits per heavy atom. The molecule has 25 heavy (non-hydrogen) atoms. The lowest BCUT2D eigenvalue weighted by Gasteiger charge is -2.20. The quantitative estimate of drug-likeness (QED) is 0.856. The van der Waals surface area contributed by atoms with Crippen LogP contribution in [0.1, 0.15) is 23.3 Å². The molecule has 0 bridgehead atoms. The predicted molar refractivity (Wildman–Crippen MR) is 89.5 cm³/mol. The molecule has 2 amide bonds. The maximum atomic E-state index is 12.9. The van der Waals surface area contributed by atoms with Gasteiger partial charge < -0.3 is 19.0 Å². The van der Waals surface area contributed by atoms with Crippen LogP contribution in [0.25, 0.3) is 0 Å². The van der Waals surface area contributed by atoms with Crippen molar-refractivity contribution >= 4 is 11.8 Å². The van der Waals surface area contributed by atoms with E-state index >= 15 is 0 Å². The van der Waals surface area contributed by atoms with Crippen molar-refractivity contribution in [1.29, 1.82) is 0 Å². The number of fused-ring (bicyclic) bond motifs is 1. The van der Waals surface area contributed by atoms with Crippen molar-refractivity contribution in [1.82, 2.24) is 9.80 Å². The zero-order chi connectivity index (χ0) is 17.4. The number of likely N-dealkylation sites (tertiary alicyclic amines) is 1. The van der Waals surface area contributed by atoms with E-state index in [0.717, 1.165) is 22.6 Å². The molecule has 130 valence electrons. The van der Waals surface area contributed by atoms with Gasteiger partial charge in [0.1, 0.15) is 11.5 Å². The van der Waals surface area contributed by atoms with E-state index in [2.05, 4.69) is 0 Å². The first kappa shape index (κ1) is 15.7. The molecule has 1 atom stereocenters. The Morgan fingerprint density at radius 1 is 1.28 bits per heavy atom. The molecule has 0 spiro atoms. The normalized spacial score (nSPS) is 19.4. The third kappa shape index (κ3) is 2.88. The fourth-order valence-corrected chi connectivity index (χ4v) is 3.68. The van der Waals surface area contributed by atoms with E-state index < -0.39 is 0 Å². The Labute approximate surface area is 146 Å². The van der Waals surface area contributed by atoms with Gasteiger partial charge in [-0.3, -0.25) is 9.59 Å². The van der Waals surface area contributed by atoms with Crippen molar-refractivity contribution in [2.45, 2.75) is 26.1 Å². The van der Waals surface area contributed by atoms with Gasteiger partial charge in [-0.15, -0.1) is 0 Å². The van der Waals surface area contributed by atoms with Crippen LogP contribution >= 0.6 is 0 Å². The molecule has 1 fully saturated rings. The average molecular weight is 340 g/mol. The first-order valence-electron chi connectivity index (χ1n) is 8.39. The minimum atomic E-state index is -0.289. The van der Waals surface area contributed by atoms with Gasteiger partial charge in [0.25, 0.3) is 0 Å². The maximum Gasteiger partial charge on any atom is 0.228 e. The summed E-state index contributed by atoms with van der Waals surface area (Å²) < 4.78 is 10.7. The lowest BCUT2D eigenvalue weighted by Crippen LogP contribution is -2.33. The minimum absolute atomic E-state index is 0.00374. The van der Waals surface area contributed by atoms with Gasteiger partial charge >= 0.3 is 0 Å². The highest BCUT2D eigenvalue weighted by molar-refractivity contribution is 5.89. The number of furan rings is 1. The van der Waals surface area contributed by atoms with Crippen LogP contribution in [0.4, 0.5) is 0 Å². The van der Waals surface area contributed by atoms with Gasteiger partial charge in [0.15, 0.2) is 0 Å². The molecule has 1 unspecified atom stereocenters. The molecule has 4 rings (SSSR count). The van der Waals surface area contributed by atoms with E-state index in [1.54, 1.807) is 24.3 Å². The van der Waals surface area contributed by atoms with Crippen molar-refractivity contribution in [2.24, 2.45) is 5.92 Å². The second-order valence-electron chi connectivity index (χ2n) is 6.55. The number of hydrogen-bond acceptors (Lipinski definition) is 4. The van der Waals surface area contributed by atoms with E-state index in [9.17, 15) is 9.59 Å². The van der Waals surface area contributed by atoms with Crippen LogP contribution in [-0.2, 0) is 29.2 Å². The number of carbonyl (C=O) groups is 2. The van der Waals surface area contributed by atoms with Crippen molar-refractivity contribution in [3.63, 3.8) is 0 Å². The lowest BCUT2D eigenvalue weighted by molar-refractivity contribution is -0.136. The molecule has 6 nitrogen and oxygen atoms in total. The zero-order valence-electron chi connectivity index (χ0n) is 14.1. The fourth-order valence-electron chi connectivity index (χ4n) is 3.68. The van der Waals surface area contributed by atoms with E-state index in [0.29, 0.717) is 26.2 Å². The fraction of sp³-hybridized carbons (Fsp3) is 0.368. The van der Waals surface area contributed by atoms with Crippen LogP contribution in [0.15, 0.2) is 41.0 Å². The summed E-state index contributed by atoms with van der Waals surface area (Å²) in [6, 6.07) is 9.51. The standard InChI is InChI=1S/C19H20N2O4/c1-24-17-6-2-4-13-9-21(12-16(13)17)19(23)14-8-18(22)20(10-14)11-15-5-3-7-25-15/h2-7,14H,8-12H2,1H3. The number of hydrogen-bond donors (Lipinski definition) is 0. The van der Waals surface area contributed by atoms with Crippen molar-refractivity contribution in [3.8, 4) is 5.75 Å². The van der Waals surface area contributed by atoms with Gasteiger partial charge in [-0.1, -0.05) is 12.1 Å².